The molecule has 1 fully saturated rings. The van der Waals surface area contributed by atoms with Crippen molar-refractivity contribution in [2.24, 2.45) is 10.7 Å². The largest absolute Gasteiger partial charge is 0.448 e. The van der Waals surface area contributed by atoms with E-state index < -0.39 is 24.0 Å². The van der Waals surface area contributed by atoms with Crippen LogP contribution in [0.2, 0.25) is 0 Å². The van der Waals surface area contributed by atoms with E-state index in [4.69, 9.17) is 10.5 Å². The SMILES string of the molecule is NC(=O)c1cc[n+](C/C=C/C2=C(C(=O)OC(c3ccccc3)c3ccccc3)N3C(=O)C(/N=C/c4ccccc4)[C@H]3SC2)cc1. The number of amides is 2. The number of aliphatic imine (C=N–C) groups is 1. The molecule has 1 unspecified atom stereocenters. The summed E-state index contributed by atoms with van der Waals surface area (Å²) in [6, 6.07) is 31.5. The van der Waals surface area contributed by atoms with E-state index in [0.29, 0.717) is 23.4 Å². The summed E-state index contributed by atoms with van der Waals surface area (Å²) in [6.07, 6.45) is 8.35. The summed E-state index contributed by atoms with van der Waals surface area (Å²) < 4.78 is 8.12. The molecule has 2 N–H and O–H groups in total. The van der Waals surface area contributed by atoms with Gasteiger partial charge in [-0.1, -0.05) is 97.1 Å². The zero-order chi connectivity index (χ0) is 31.2. The summed E-state index contributed by atoms with van der Waals surface area (Å²) in [6.45, 7) is 0.480. The van der Waals surface area contributed by atoms with Crippen LogP contribution in [0.15, 0.2) is 144 Å². The number of primary amides is 1. The lowest BCUT2D eigenvalue weighted by Gasteiger charge is -2.48. The van der Waals surface area contributed by atoms with E-state index in [9.17, 15) is 14.4 Å². The molecule has 6 rings (SSSR count). The van der Waals surface area contributed by atoms with Crippen molar-refractivity contribution in [1.82, 2.24) is 4.90 Å². The summed E-state index contributed by atoms with van der Waals surface area (Å²) >= 11 is 1.57. The van der Waals surface area contributed by atoms with Crippen molar-refractivity contribution in [2.75, 3.05) is 5.75 Å². The number of nitrogens with zero attached hydrogens (tertiary/aromatic N) is 3. The quantitative estimate of drug-likeness (QED) is 0.121. The van der Waals surface area contributed by atoms with E-state index in [2.05, 4.69) is 4.99 Å². The van der Waals surface area contributed by atoms with Crippen LogP contribution in [0.5, 0.6) is 0 Å². The lowest BCUT2D eigenvalue weighted by atomic mass is 10.0. The van der Waals surface area contributed by atoms with Crippen LogP contribution in [0.4, 0.5) is 0 Å². The Labute approximate surface area is 265 Å². The Morgan fingerprint density at radius 1 is 0.933 bits per heavy atom. The Morgan fingerprint density at radius 3 is 2.13 bits per heavy atom. The standard InChI is InChI=1S/C36H30N4O4S/c37-33(41)28-18-21-39(22-19-28)20-10-17-29-24-45-35-30(38-23-25-11-4-1-5-12-25)34(42)40(35)31(29)36(43)44-32(26-13-6-2-7-14-26)27-15-8-3-9-16-27/h1-19,21-23,30,32,35H,20,24H2,(H-,37,41)/p+1/b17-10+,38-23+/t30?,35-/m1/s1. The Bertz CT molecular complexity index is 1740. The molecule has 2 amide bonds. The molecule has 8 nitrogen and oxygen atoms in total. The molecule has 3 aromatic carbocycles. The average molecular weight is 616 g/mol. The van der Waals surface area contributed by atoms with Crippen molar-refractivity contribution < 1.29 is 23.7 Å². The fraction of sp³-hybridized carbons (Fsp3) is 0.139. The molecule has 2 aliphatic heterocycles. The normalized spacial score (nSPS) is 17.9. The van der Waals surface area contributed by atoms with Crippen LogP contribution in [0, 0.1) is 0 Å². The number of thioether (sulfide) groups is 1. The van der Waals surface area contributed by atoms with Crippen LogP contribution < -0.4 is 10.3 Å². The van der Waals surface area contributed by atoms with Gasteiger partial charge in [0.2, 0.25) is 5.91 Å². The molecule has 2 aliphatic rings. The molecule has 9 heteroatoms. The van der Waals surface area contributed by atoms with Gasteiger partial charge in [0.05, 0.1) is 5.56 Å². The molecule has 0 bridgehead atoms. The van der Waals surface area contributed by atoms with Gasteiger partial charge in [-0.3, -0.25) is 19.5 Å². The van der Waals surface area contributed by atoms with E-state index in [1.807, 2.05) is 108 Å². The topological polar surface area (TPSA) is 106 Å². The van der Waals surface area contributed by atoms with Crippen molar-refractivity contribution in [2.45, 2.75) is 24.1 Å². The third-order valence-electron chi connectivity index (χ3n) is 7.59. The molecule has 0 radical (unpaired) electrons. The van der Waals surface area contributed by atoms with Gasteiger partial charge in [-0.25, -0.2) is 9.36 Å². The molecule has 45 heavy (non-hydrogen) atoms. The minimum absolute atomic E-state index is 0.233. The van der Waals surface area contributed by atoms with E-state index in [1.165, 1.54) is 4.90 Å². The van der Waals surface area contributed by atoms with Crippen molar-refractivity contribution in [3.63, 3.8) is 0 Å². The highest BCUT2D eigenvalue weighted by Crippen LogP contribution is 2.43. The monoisotopic (exact) mass is 615 g/mol. The van der Waals surface area contributed by atoms with Crippen molar-refractivity contribution >= 4 is 35.8 Å². The zero-order valence-corrected chi connectivity index (χ0v) is 25.1. The minimum atomic E-state index is -0.659. The number of hydrogen-bond acceptors (Lipinski definition) is 6. The first-order valence-corrected chi connectivity index (χ1v) is 15.6. The van der Waals surface area contributed by atoms with Gasteiger partial charge in [0.25, 0.3) is 5.91 Å². The van der Waals surface area contributed by atoms with Crippen LogP contribution in [0.25, 0.3) is 0 Å². The van der Waals surface area contributed by atoms with Gasteiger partial charge in [0.1, 0.15) is 11.1 Å². The predicted octanol–water partition coefficient (Wildman–Crippen LogP) is 4.62. The lowest BCUT2D eigenvalue weighted by molar-refractivity contribution is -0.687. The Hall–Kier alpha value is -5.28. The number of aromatic nitrogens is 1. The molecule has 1 saturated heterocycles. The minimum Gasteiger partial charge on any atom is -0.448 e. The van der Waals surface area contributed by atoms with Crippen molar-refractivity contribution in [3.8, 4) is 0 Å². The van der Waals surface area contributed by atoms with Crippen molar-refractivity contribution in [1.29, 1.82) is 0 Å². The third-order valence-corrected chi connectivity index (χ3v) is 8.88. The van der Waals surface area contributed by atoms with Crippen LogP contribution in [-0.2, 0) is 20.9 Å². The highest BCUT2D eigenvalue weighted by Gasteiger charge is 2.53. The first kappa shape index (κ1) is 29.8. The molecule has 3 heterocycles. The molecule has 224 valence electrons. The maximum Gasteiger partial charge on any atom is 0.356 e. The molecule has 0 aliphatic carbocycles. The summed E-state index contributed by atoms with van der Waals surface area (Å²) in [5.41, 5.74) is 9.26. The van der Waals surface area contributed by atoms with Gasteiger partial charge in [-0.15, -0.1) is 11.8 Å². The molecule has 0 saturated carbocycles. The number of benzene rings is 3. The second kappa shape index (κ2) is 13.6. The van der Waals surface area contributed by atoms with E-state index in [-0.39, 0.29) is 17.0 Å². The smallest absolute Gasteiger partial charge is 0.356 e. The van der Waals surface area contributed by atoms with Crippen LogP contribution in [-0.4, -0.2) is 46.1 Å². The number of pyridine rings is 1. The molecular formula is C36H31N4O4S+. The number of rotatable bonds is 10. The highest BCUT2D eigenvalue weighted by molar-refractivity contribution is 8.00. The first-order valence-electron chi connectivity index (χ1n) is 14.5. The molecule has 0 spiro atoms. The van der Waals surface area contributed by atoms with Gasteiger partial charge in [-0.05, 0) is 28.3 Å². The number of ether oxygens (including phenoxy) is 1. The first-order chi connectivity index (χ1) is 22.0. The van der Waals surface area contributed by atoms with E-state index >= 15 is 0 Å². The maximum absolute atomic E-state index is 14.1. The number of nitrogens with two attached hydrogens (primary N) is 1. The molecule has 1 aromatic heterocycles. The predicted molar refractivity (Wildman–Crippen MR) is 173 cm³/mol. The summed E-state index contributed by atoms with van der Waals surface area (Å²) in [7, 11) is 0. The summed E-state index contributed by atoms with van der Waals surface area (Å²) in [4.78, 5) is 45.2. The van der Waals surface area contributed by atoms with Gasteiger partial charge in [0, 0.05) is 24.1 Å². The average Bonchev–Trinajstić information content (AvgIpc) is 3.08. The van der Waals surface area contributed by atoms with Crippen LogP contribution in [0.3, 0.4) is 0 Å². The van der Waals surface area contributed by atoms with Crippen LogP contribution >= 0.6 is 11.8 Å². The fourth-order valence-electron chi connectivity index (χ4n) is 5.26. The number of hydrogen-bond donors (Lipinski definition) is 1. The van der Waals surface area contributed by atoms with E-state index in [0.717, 1.165) is 16.7 Å². The van der Waals surface area contributed by atoms with E-state index in [1.54, 1.807) is 42.5 Å². The zero-order valence-electron chi connectivity index (χ0n) is 24.3. The highest BCUT2D eigenvalue weighted by atomic mass is 32.2. The van der Waals surface area contributed by atoms with Crippen LogP contribution in [0.1, 0.15) is 33.2 Å². The number of fused-ring (bicyclic) bond motifs is 1. The molecule has 4 aromatic rings. The van der Waals surface area contributed by atoms with Gasteiger partial charge < -0.3 is 10.5 Å². The number of allylic oxidation sites excluding steroid dienone is 2. The van der Waals surface area contributed by atoms with Gasteiger partial charge >= 0.3 is 5.97 Å². The Balaban J connectivity index is 1.30. The third kappa shape index (κ3) is 6.63. The van der Waals surface area contributed by atoms with Crippen molar-refractivity contribution in [3.05, 3.63) is 161 Å². The number of carbonyl (C=O) groups is 3. The number of esters is 1. The maximum atomic E-state index is 14.1. The van der Waals surface area contributed by atoms with Gasteiger partial charge in [0.15, 0.2) is 31.1 Å². The summed E-state index contributed by atoms with van der Waals surface area (Å²) in [5, 5.41) is -0.320. The number of carbonyl (C=O) groups excluding carboxylic acids is 3. The lowest BCUT2D eigenvalue weighted by Crippen LogP contribution is -2.64. The second-order valence-corrected chi connectivity index (χ2v) is 11.7. The summed E-state index contributed by atoms with van der Waals surface area (Å²) in [5.74, 6) is -0.811. The Kier molecular flexibility index (Phi) is 8.98. The molecular weight excluding hydrogens is 584 g/mol. The second-order valence-electron chi connectivity index (χ2n) is 10.6. The van der Waals surface area contributed by atoms with Gasteiger partial charge in [-0.2, -0.15) is 0 Å². The number of β-lactam (4-membered cyclic amide) rings is 1. The Morgan fingerprint density at radius 2 is 1.53 bits per heavy atom. The molecule has 2 atom stereocenters. The fourth-order valence-corrected chi connectivity index (χ4v) is 6.57.